The van der Waals surface area contributed by atoms with Crippen molar-refractivity contribution in [2.24, 2.45) is 5.14 Å². The molecule has 1 saturated heterocycles. The Hall–Kier alpha value is -0.210. The molecule has 1 rings (SSSR count). The summed E-state index contributed by atoms with van der Waals surface area (Å²) < 4.78 is 25.2. The Balaban J connectivity index is 0.000000292. The third-order valence-corrected chi connectivity index (χ3v) is 1.75. The molecule has 0 bridgehead atoms. The molecule has 86 valence electrons. The maximum absolute atomic E-state index is 8.97. The number of piperazine rings is 1. The molecule has 0 atom stereocenters. The molecule has 0 saturated carbocycles. The minimum Gasteiger partial charge on any atom is -0.314 e. The highest BCUT2D eigenvalue weighted by Gasteiger charge is 2.06. The molecule has 0 aromatic carbocycles. The second-order valence-corrected chi connectivity index (χ2v) is 4.14. The number of hydrogen-bond donors (Lipinski definition) is 3. The molecule has 0 unspecified atom stereocenters. The summed E-state index contributed by atoms with van der Waals surface area (Å²) in [6.07, 6.45) is 1.29. The standard InChI is InChI=1S/C7H16N2.H3NO3S/c1-2-5-9-6-3-8-4-7-9;1-5(2,3)4/h8H,2-7H2,1H3;(H3,1,2,3,4). The van der Waals surface area contributed by atoms with Gasteiger partial charge in [-0.3, -0.25) is 4.55 Å². The Morgan fingerprint density at radius 1 is 1.43 bits per heavy atom. The van der Waals surface area contributed by atoms with E-state index in [0.29, 0.717) is 0 Å². The Morgan fingerprint density at radius 2 is 1.86 bits per heavy atom. The fourth-order valence-corrected chi connectivity index (χ4v) is 1.25. The highest BCUT2D eigenvalue weighted by atomic mass is 32.2. The van der Waals surface area contributed by atoms with E-state index in [4.69, 9.17) is 13.0 Å². The summed E-state index contributed by atoms with van der Waals surface area (Å²) in [5, 5.41) is 7.21. The molecule has 0 aromatic heterocycles. The van der Waals surface area contributed by atoms with Crippen LogP contribution in [0.15, 0.2) is 0 Å². The molecule has 1 fully saturated rings. The van der Waals surface area contributed by atoms with Crippen molar-refractivity contribution >= 4 is 10.3 Å². The molecule has 4 N–H and O–H groups in total. The molecular weight excluding hydrogens is 206 g/mol. The topological polar surface area (TPSA) is 95.7 Å². The molecule has 14 heavy (non-hydrogen) atoms. The first kappa shape index (κ1) is 13.8. The van der Waals surface area contributed by atoms with Crippen LogP contribution in [0.4, 0.5) is 0 Å². The highest BCUT2D eigenvalue weighted by Crippen LogP contribution is 1.92. The maximum Gasteiger partial charge on any atom is 0.330 e. The van der Waals surface area contributed by atoms with Crippen LogP contribution >= 0.6 is 0 Å². The quantitative estimate of drug-likeness (QED) is 0.527. The van der Waals surface area contributed by atoms with Crippen molar-refractivity contribution in [2.75, 3.05) is 32.7 Å². The first-order valence-electron chi connectivity index (χ1n) is 4.61. The summed E-state index contributed by atoms with van der Waals surface area (Å²) in [6, 6.07) is 0. The van der Waals surface area contributed by atoms with Gasteiger partial charge in [0.1, 0.15) is 0 Å². The molecular formula is C7H19N3O3S. The van der Waals surface area contributed by atoms with Crippen molar-refractivity contribution in [1.29, 1.82) is 0 Å². The lowest BCUT2D eigenvalue weighted by molar-refractivity contribution is 0.241. The minimum atomic E-state index is -4.17. The van der Waals surface area contributed by atoms with E-state index in [2.05, 4.69) is 22.3 Å². The van der Waals surface area contributed by atoms with Gasteiger partial charge in [-0.1, -0.05) is 6.92 Å². The van der Waals surface area contributed by atoms with Crippen LogP contribution in [0.1, 0.15) is 13.3 Å². The number of rotatable bonds is 2. The fraction of sp³-hybridized carbons (Fsp3) is 1.00. The second kappa shape index (κ2) is 7.13. The van der Waals surface area contributed by atoms with Gasteiger partial charge in [-0.05, 0) is 13.0 Å². The van der Waals surface area contributed by atoms with Crippen molar-refractivity contribution in [3.8, 4) is 0 Å². The van der Waals surface area contributed by atoms with Crippen molar-refractivity contribution in [2.45, 2.75) is 13.3 Å². The van der Waals surface area contributed by atoms with Gasteiger partial charge < -0.3 is 10.2 Å². The molecule has 0 aliphatic carbocycles. The normalized spacial score (nSPS) is 18.5. The van der Waals surface area contributed by atoms with E-state index in [1.165, 1.54) is 39.1 Å². The van der Waals surface area contributed by atoms with E-state index >= 15 is 0 Å². The van der Waals surface area contributed by atoms with Gasteiger partial charge in [0.2, 0.25) is 0 Å². The van der Waals surface area contributed by atoms with E-state index in [-0.39, 0.29) is 0 Å². The summed E-state index contributed by atoms with van der Waals surface area (Å²) in [5.74, 6) is 0. The third-order valence-electron chi connectivity index (χ3n) is 1.75. The predicted molar refractivity (Wildman–Crippen MR) is 55.3 cm³/mol. The van der Waals surface area contributed by atoms with E-state index < -0.39 is 10.3 Å². The van der Waals surface area contributed by atoms with E-state index in [1.807, 2.05) is 0 Å². The largest absolute Gasteiger partial charge is 0.330 e. The van der Waals surface area contributed by atoms with Crippen LogP contribution in [-0.4, -0.2) is 50.6 Å². The smallest absolute Gasteiger partial charge is 0.314 e. The zero-order valence-electron chi connectivity index (χ0n) is 8.44. The van der Waals surface area contributed by atoms with Crippen LogP contribution in [-0.2, 0) is 10.3 Å². The molecule has 7 heteroatoms. The van der Waals surface area contributed by atoms with Crippen molar-refractivity contribution in [3.63, 3.8) is 0 Å². The average Bonchev–Trinajstić information content (AvgIpc) is 2.03. The highest BCUT2D eigenvalue weighted by molar-refractivity contribution is 7.83. The third kappa shape index (κ3) is 11.8. The van der Waals surface area contributed by atoms with E-state index in [9.17, 15) is 0 Å². The molecule has 1 aliphatic heterocycles. The van der Waals surface area contributed by atoms with Gasteiger partial charge in [-0.2, -0.15) is 8.42 Å². The van der Waals surface area contributed by atoms with Crippen LogP contribution in [0, 0.1) is 0 Å². The van der Waals surface area contributed by atoms with Gasteiger partial charge >= 0.3 is 10.3 Å². The van der Waals surface area contributed by atoms with Crippen LogP contribution in [0.3, 0.4) is 0 Å². The summed E-state index contributed by atoms with van der Waals surface area (Å²) in [4.78, 5) is 2.51. The van der Waals surface area contributed by atoms with Gasteiger partial charge in [0.05, 0.1) is 0 Å². The van der Waals surface area contributed by atoms with Crippen LogP contribution in [0.25, 0.3) is 0 Å². The minimum absolute atomic E-state index is 1.18. The van der Waals surface area contributed by atoms with E-state index in [0.717, 1.165) is 0 Å². The van der Waals surface area contributed by atoms with E-state index in [1.54, 1.807) is 0 Å². The first-order chi connectivity index (χ1) is 6.43. The fourth-order valence-electron chi connectivity index (χ4n) is 1.25. The molecule has 0 amide bonds. The van der Waals surface area contributed by atoms with Crippen LogP contribution in [0.2, 0.25) is 0 Å². The first-order valence-corrected chi connectivity index (χ1v) is 6.12. The maximum atomic E-state index is 8.97. The van der Waals surface area contributed by atoms with Gasteiger partial charge in [-0.15, -0.1) is 0 Å². The van der Waals surface area contributed by atoms with Crippen molar-refractivity contribution in [3.05, 3.63) is 0 Å². The van der Waals surface area contributed by atoms with Crippen LogP contribution < -0.4 is 10.5 Å². The molecule has 0 spiro atoms. The zero-order valence-corrected chi connectivity index (χ0v) is 9.26. The summed E-state index contributed by atoms with van der Waals surface area (Å²) >= 11 is 0. The number of nitrogens with zero attached hydrogens (tertiary/aromatic N) is 1. The summed E-state index contributed by atoms with van der Waals surface area (Å²) in [6.45, 7) is 8.37. The lowest BCUT2D eigenvalue weighted by Crippen LogP contribution is -2.43. The molecule has 0 radical (unpaired) electrons. The predicted octanol–water partition coefficient (Wildman–Crippen LogP) is -0.950. The van der Waals surface area contributed by atoms with Gasteiger partial charge in [-0.25, -0.2) is 5.14 Å². The van der Waals surface area contributed by atoms with Gasteiger partial charge in [0.15, 0.2) is 0 Å². The molecule has 6 nitrogen and oxygen atoms in total. The second-order valence-electron chi connectivity index (χ2n) is 3.11. The Bertz CT molecular complexity index is 214. The Morgan fingerprint density at radius 3 is 2.21 bits per heavy atom. The zero-order chi connectivity index (χ0) is 11.0. The average molecular weight is 225 g/mol. The number of hydrogen-bond acceptors (Lipinski definition) is 4. The van der Waals surface area contributed by atoms with Crippen molar-refractivity contribution in [1.82, 2.24) is 10.2 Å². The Labute approximate surface area is 85.3 Å². The number of nitrogens with one attached hydrogen (secondary N) is 1. The SMILES string of the molecule is CCCN1CCNCC1.NS(=O)(=O)O. The van der Waals surface area contributed by atoms with Crippen LogP contribution in [0.5, 0.6) is 0 Å². The monoisotopic (exact) mass is 225 g/mol. The summed E-state index contributed by atoms with van der Waals surface area (Å²) in [7, 11) is -4.17. The lowest BCUT2D eigenvalue weighted by atomic mass is 10.3. The molecule has 1 heterocycles. The lowest BCUT2D eigenvalue weighted by Gasteiger charge is -2.26. The Kier molecular flexibility index (Phi) is 7.02. The van der Waals surface area contributed by atoms with Crippen molar-refractivity contribution < 1.29 is 13.0 Å². The van der Waals surface area contributed by atoms with Gasteiger partial charge in [0, 0.05) is 26.2 Å². The molecule has 1 aliphatic rings. The molecule has 0 aromatic rings. The van der Waals surface area contributed by atoms with Gasteiger partial charge in [0.25, 0.3) is 0 Å². The number of nitrogens with two attached hydrogens (primary N) is 1. The summed E-state index contributed by atoms with van der Waals surface area (Å²) in [5.41, 5.74) is 0.